The summed E-state index contributed by atoms with van der Waals surface area (Å²) in [5.74, 6) is -1.28. The van der Waals surface area contributed by atoms with Crippen molar-refractivity contribution in [3.63, 3.8) is 0 Å². The molecule has 4 N–H and O–H groups in total. The summed E-state index contributed by atoms with van der Waals surface area (Å²) in [5.41, 5.74) is 6.77. The fraction of sp³-hybridized carbons (Fsp3) is 0.467. The van der Waals surface area contributed by atoms with Gasteiger partial charge in [0.25, 0.3) is 0 Å². The first-order valence-electron chi connectivity index (χ1n) is 6.72. The molecule has 110 valence electrons. The van der Waals surface area contributed by atoms with Crippen LogP contribution in [-0.2, 0) is 16.0 Å². The van der Waals surface area contributed by atoms with E-state index in [4.69, 9.17) is 10.8 Å². The first-order chi connectivity index (χ1) is 9.40. The second-order valence-corrected chi connectivity index (χ2v) is 5.33. The molecule has 0 saturated heterocycles. The van der Waals surface area contributed by atoms with Crippen LogP contribution in [0.3, 0.4) is 0 Å². The third-order valence-electron chi connectivity index (χ3n) is 2.96. The van der Waals surface area contributed by atoms with Gasteiger partial charge in [-0.2, -0.15) is 0 Å². The molecule has 1 aromatic rings. The fourth-order valence-corrected chi connectivity index (χ4v) is 1.93. The summed E-state index contributed by atoms with van der Waals surface area (Å²) in [4.78, 5) is 23.0. The van der Waals surface area contributed by atoms with Crippen molar-refractivity contribution in [2.45, 2.75) is 38.8 Å². The minimum absolute atomic E-state index is 0.182. The van der Waals surface area contributed by atoms with Crippen molar-refractivity contribution in [2.24, 2.45) is 11.7 Å². The Kier molecular flexibility index (Phi) is 6.18. The average Bonchev–Trinajstić information content (AvgIpc) is 2.38. The van der Waals surface area contributed by atoms with Crippen LogP contribution in [0.15, 0.2) is 30.3 Å². The van der Waals surface area contributed by atoms with Gasteiger partial charge in [0, 0.05) is 0 Å². The van der Waals surface area contributed by atoms with Gasteiger partial charge in [-0.3, -0.25) is 4.79 Å². The summed E-state index contributed by atoms with van der Waals surface area (Å²) in [5, 5.41) is 11.6. The molecule has 1 rings (SSSR count). The number of rotatable bonds is 7. The van der Waals surface area contributed by atoms with Gasteiger partial charge in [-0.15, -0.1) is 0 Å². The summed E-state index contributed by atoms with van der Waals surface area (Å²) >= 11 is 0. The second-order valence-electron chi connectivity index (χ2n) is 5.33. The molecule has 0 aliphatic heterocycles. The molecule has 1 amide bonds. The van der Waals surface area contributed by atoms with Gasteiger partial charge in [0.1, 0.15) is 6.04 Å². The zero-order valence-electron chi connectivity index (χ0n) is 11.9. The van der Waals surface area contributed by atoms with Crippen LogP contribution in [-0.4, -0.2) is 29.1 Å². The largest absolute Gasteiger partial charge is 0.480 e. The number of carbonyl (C=O) groups is 2. The topological polar surface area (TPSA) is 92.4 Å². The molecule has 2 atom stereocenters. The fourth-order valence-electron chi connectivity index (χ4n) is 1.93. The molecule has 5 heteroatoms. The lowest BCUT2D eigenvalue weighted by Gasteiger charge is -2.19. The predicted molar refractivity (Wildman–Crippen MR) is 77.1 cm³/mol. The zero-order valence-corrected chi connectivity index (χ0v) is 11.9. The standard InChI is InChI=1S/C15H22N2O3/c1-10(2)8-13(15(19)20)17-14(18)12(16)9-11-6-4-3-5-7-11/h3-7,10,12-13H,8-9,16H2,1-2H3,(H,17,18)(H,19,20)/t12?,13-/m0/s1. The van der Waals surface area contributed by atoms with Gasteiger partial charge in [0.05, 0.1) is 6.04 Å². The lowest BCUT2D eigenvalue weighted by molar-refractivity contribution is -0.142. The summed E-state index contributed by atoms with van der Waals surface area (Å²) in [7, 11) is 0. The van der Waals surface area contributed by atoms with E-state index in [2.05, 4.69) is 5.32 Å². The van der Waals surface area contributed by atoms with Crippen molar-refractivity contribution in [3.8, 4) is 0 Å². The number of benzene rings is 1. The van der Waals surface area contributed by atoms with E-state index in [9.17, 15) is 9.59 Å². The van der Waals surface area contributed by atoms with E-state index in [0.29, 0.717) is 12.8 Å². The van der Waals surface area contributed by atoms with Gasteiger partial charge in [0.2, 0.25) is 5.91 Å². The Balaban J connectivity index is 2.57. The molecule has 1 unspecified atom stereocenters. The minimum atomic E-state index is -1.03. The van der Waals surface area contributed by atoms with Crippen molar-refractivity contribution in [3.05, 3.63) is 35.9 Å². The number of hydrogen-bond acceptors (Lipinski definition) is 3. The van der Waals surface area contributed by atoms with Gasteiger partial charge >= 0.3 is 5.97 Å². The molecule has 1 aromatic carbocycles. The number of aliphatic carboxylic acids is 1. The quantitative estimate of drug-likeness (QED) is 0.698. The van der Waals surface area contributed by atoms with Crippen molar-refractivity contribution in [1.82, 2.24) is 5.32 Å². The molecule has 0 bridgehead atoms. The van der Waals surface area contributed by atoms with Crippen LogP contribution >= 0.6 is 0 Å². The number of hydrogen-bond donors (Lipinski definition) is 3. The molecular formula is C15H22N2O3. The maximum atomic E-state index is 11.9. The van der Waals surface area contributed by atoms with E-state index in [1.807, 2.05) is 44.2 Å². The van der Waals surface area contributed by atoms with Crippen molar-refractivity contribution in [1.29, 1.82) is 0 Å². The molecule has 20 heavy (non-hydrogen) atoms. The Hall–Kier alpha value is -1.88. The van der Waals surface area contributed by atoms with Crippen molar-refractivity contribution < 1.29 is 14.7 Å². The lowest BCUT2D eigenvalue weighted by Crippen LogP contribution is -2.49. The average molecular weight is 278 g/mol. The van der Waals surface area contributed by atoms with Gasteiger partial charge in [-0.05, 0) is 24.3 Å². The first-order valence-corrected chi connectivity index (χ1v) is 6.72. The Morgan fingerprint density at radius 2 is 1.85 bits per heavy atom. The summed E-state index contributed by atoms with van der Waals surface area (Å²) < 4.78 is 0. The van der Waals surface area contributed by atoms with Crippen LogP contribution in [0.1, 0.15) is 25.8 Å². The van der Waals surface area contributed by atoms with E-state index in [1.54, 1.807) is 0 Å². The normalized spacial score (nSPS) is 13.8. The van der Waals surface area contributed by atoms with Gasteiger partial charge in [-0.25, -0.2) is 4.79 Å². The molecule has 0 aliphatic rings. The Labute approximate surface area is 119 Å². The van der Waals surface area contributed by atoms with E-state index < -0.39 is 24.0 Å². The minimum Gasteiger partial charge on any atom is -0.480 e. The Morgan fingerprint density at radius 3 is 2.35 bits per heavy atom. The molecule has 0 radical (unpaired) electrons. The number of carboxylic acids is 1. The maximum Gasteiger partial charge on any atom is 0.326 e. The molecular weight excluding hydrogens is 256 g/mol. The SMILES string of the molecule is CC(C)C[C@H](NC(=O)C(N)Cc1ccccc1)C(=O)O. The number of amides is 1. The summed E-state index contributed by atoms with van der Waals surface area (Å²) in [6.07, 6.45) is 0.778. The highest BCUT2D eigenvalue weighted by Gasteiger charge is 2.24. The first kappa shape index (κ1) is 16.2. The highest BCUT2D eigenvalue weighted by Crippen LogP contribution is 2.06. The molecule has 0 fully saturated rings. The van der Waals surface area contributed by atoms with E-state index >= 15 is 0 Å². The molecule has 0 saturated carbocycles. The van der Waals surface area contributed by atoms with Crippen LogP contribution < -0.4 is 11.1 Å². The third-order valence-corrected chi connectivity index (χ3v) is 2.96. The van der Waals surface area contributed by atoms with E-state index in [0.717, 1.165) is 5.56 Å². The van der Waals surface area contributed by atoms with Crippen LogP contribution in [0, 0.1) is 5.92 Å². The Morgan fingerprint density at radius 1 is 1.25 bits per heavy atom. The van der Waals surface area contributed by atoms with Crippen molar-refractivity contribution in [2.75, 3.05) is 0 Å². The third kappa shape index (κ3) is 5.40. The van der Waals surface area contributed by atoms with E-state index in [1.165, 1.54) is 0 Å². The molecule has 5 nitrogen and oxygen atoms in total. The summed E-state index contributed by atoms with van der Waals surface area (Å²) in [6.45, 7) is 3.82. The lowest BCUT2D eigenvalue weighted by atomic mass is 10.0. The number of nitrogens with two attached hydrogens (primary N) is 1. The van der Waals surface area contributed by atoms with Gasteiger partial charge in [-0.1, -0.05) is 44.2 Å². The zero-order chi connectivity index (χ0) is 15.1. The molecule has 0 aliphatic carbocycles. The summed E-state index contributed by atoms with van der Waals surface area (Å²) in [6, 6.07) is 7.78. The van der Waals surface area contributed by atoms with Crippen molar-refractivity contribution >= 4 is 11.9 Å². The van der Waals surface area contributed by atoms with Crippen LogP contribution in [0.5, 0.6) is 0 Å². The van der Waals surface area contributed by atoms with Crippen LogP contribution in [0.25, 0.3) is 0 Å². The van der Waals surface area contributed by atoms with E-state index in [-0.39, 0.29) is 5.92 Å². The molecule has 0 spiro atoms. The molecule has 0 heterocycles. The highest BCUT2D eigenvalue weighted by molar-refractivity contribution is 5.86. The number of nitrogens with one attached hydrogen (secondary N) is 1. The van der Waals surface area contributed by atoms with Gasteiger partial charge in [0.15, 0.2) is 0 Å². The number of carboxylic acid groups (broad SMARTS) is 1. The second kappa shape index (κ2) is 7.65. The molecule has 0 aromatic heterocycles. The monoisotopic (exact) mass is 278 g/mol. The van der Waals surface area contributed by atoms with Gasteiger partial charge < -0.3 is 16.2 Å². The predicted octanol–water partition coefficient (Wildman–Crippen LogP) is 1.17. The maximum absolute atomic E-state index is 11.9. The highest BCUT2D eigenvalue weighted by atomic mass is 16.4. The van der Waals surface area contributed by atoms with Crippen LogP contribution in [0.2, 0.25) is 0 Å². The smallest absolute Gasteiger partial charge is 0.326 e. The Bertz CT molecular complexity index is 446. The van der Waals surface area contributed by atoms with Crippen LogP contribution in [0.4, 0.5) is 0 Å². The number of carbonyl (C=O) groups excluding carboxylic acids is 1.